The Hall–Kier alpha value is -0.940. The number of rotatable bonds is 1. The molecule has 106 valence electrons. The van der Waals surface area contributed by atoms with Gasteiger partial charge in [-0.25, -0.2) is 10.0 Å². The van der Waals surface area contributed by atoms with Crippen LogP contribution in [0.4, 0.5) is 0 Å². The summed E-state index contributed by atoms with van der Waals surface area (Å²) in [5, 5.41) is 3.27. The fraction of sp³-hybridized carbons (Fsp3) is 0.857. The normalized spacial score (nSPS) is 28.9. The van der Waals surface area contributed by atoms with Gasteiger partial charge in [-0.05, 0) is 18.3 Å². The van der Waals surface area contributed by atoms with Gasteiger partial charge in [-0.15, -0.1) is 0 Å². The molecule has 2 amide bonds. The molecule has 0 aromatic rings. The molecular weight excluding hydrogens is 244 g/mol. The third-order valence-electron chi connectivity index (χ3n) is 4.71. The molecule has 0 atom stereocenters. The number of hydrazine groups is 1. The highest BCUT2D eigenvalue weighted by Crippen LogP contribution is 2.45. The maximum atomic E-state index is 12.4. The number of imide groups is 1. The van der Waals surface area contributed by atoms with Gasteiger partial charge in [0.1, 0.15) is 0 Å². The first-order chi connectivity index (χ1) is 9.20. The second-order valence-corrected chi connectivity index (χ2v) is 6.08. The van der Waals surface area contributed by atoms with Crippen molar-refractivity contribution >= 4 is 11.8 Å². The largest absolute Gasteiger partial charge is 0.379 e. The van der Waals surface area contributed by atoms with Crippen molar-refractivity contribution in [2.24, 2.45) is 5.41 Å². The molecule has 0 aromatic carbocycles. The van der Waals surface area contributed by atoms with Crippen LogP contribution in [0.3, 0.4) is 0 Å². The highest BCUT2D eigenvalue weighted by atomic mass is 16.5. The van der Waals surface area contributed by atoms with Gasteiger partial charge in [-0.2, -0.15) is 0 Å². The third kappa shape index (κ3) is 2.54. The molecule has 1 spiro atoms. The van der Waals surface area contributed by atoms with E-state index < -0.39 is 0 Å². The Morgan fingerprint density at radius 2 is 1.47 bits per heavy atom. The van der Waals surface area contributed by atoms with Crippen molar-refractivity contribution < 1.29 is 14.3 Å². The molecule has 2 saturated heterocycles. The first-order valence-electron chi connectivity index (χ1n) is 7.39. The van der Waals surface area contributed by atoms with Crippen LogP contribution in [0.2, 0.25) is 0 Å². The number of nitrogens with zero attached hydrogens (tertiary/aromatic N) is 2. The molecule has 3 aliphatic rings. The second kappa shape index (κ2) is 5.21. The SMILES string of the molecule is O=C1CC2(CCCCC2)CC(=O)N1N1CCOCC1. The van der Waals surface area contributed by atoms with E-state index in [0.717, 1.165) is 25.7 Å². The Morgan fingerprint density at radius 1 is 0.895 bits per heavy atom. The zero-order valence-corrected chi connectivity index (χ0v) is 11.4. The highest BCUT2D eigenvalue weighted by Gasteiger charge is 2.45. The summed E-state index contributed by atoms with van der Waals surface area (Å²) in [5.74, 6) is 0.0000926. The fourth-order valence-electron chi connectivity index (χ4n) is 3.72. The Morgan fingerprint density at radius 3 is 2.05 bits per heavy atom. The van der Waals surface area contributed by atoms with E-state index in [1.54, 1.807) is 0 Å². The van der Waals surface area contributed by atoms with E-state index >= 15 is 0 Å². The van der Waals surface area contributed by atoms with Crippen LogP contribution in [0.15, 0.2) is 0 Å². The molecule has 3 fully saturated rings. The summed E-state index contributed by atoms with van der Waals surface area (Å²) < 4.78 is 5.28. The van der Waals surface area contributed by atoms with E-state index in [4.69, 9.17) is 4.74 Å². The molecule has 1 saturated carbocycles. The average Bonchev–Trinajstić information content (AvgIpc) is 2.40. The molecule has 0 bridgehead atoms. The van der Waals surface area contributed by atoms with Crippen molar-refractivity contribution in [1.82, 2.24) is 10.0 Å². The predicted octanol–water partition coefficient (Wildman–Crippen LogP) is 1.33. The first kappa shape index (κ1) is 13.1. The monoisotopic (exact) mass is 266 g/mol. The molecule has 1 aliphatic carbocycles. The number of ether oxygens (including phenoxy) is 1. The molecular formula is C14H22N2O3. The van der Waals surface area contributed by atoms with Crippen LogP contribution in [0.5, 0.6) is 0 Å². The number of carbonyl (C=O) groups excluding carboxylic acids is 2. The standard InChI is InChI=1S/C14H22N2O3/c17-12-10-14(4-2-1-3-5-14)11-13(18)16(12)15-6-8-19-9-7-15/h1-11H2. The number of amides is 2. The smallest absolute Gasteiger partial charge is 0.244 e. The lowest BCUT2D eigenvalue weighted by molar-refractivity contribution is -0.181. The molecule has 0 radical (unpaired) electrons. The van der Waals surface area contributed by atoms with E-state index in [1.165, 1.54) is 11.4 Å². The number of morpholine rings is 1. The van der Waals surface area contributed by atoms with Crippen molar-refractivity contribution in [3.8, 4) is 0 Å². The van der Waals surface area contributed by atoms with Gasteiger partial charge in [0.05, 0.1) is 13.2 Å². The Balaban J connectivity index is 1.72. The van der Waals surface area contributed by atoms with Crippen LogP contribution in [0, 0.1) is 5.41 Å². The van der Waals surface area contributed by atoms with Gasteiger partial charge >= 0.3 is 0 Å². The quantitative estimate of drug-likeness (QED) is 0.672. The van der Waals surface area contributed by atoms with Crippen LogP contribution in [-0.2, 0) is 14.3 Å². The lowest BCUT2D eigenvalue weighted by atomic mass is 9.68. The molecule has 19 heavy (non-hydrogen) atoms. The highest BCUT2D eigenvalue weighted by molar-refractivity contribution is 5.98. The van der Waals surface area contributed by atoms with Crippen molar-refractivity contribution in [2.45, 2.75) is 44.9 Å². The molecule has 0 aromatic heterocycles. The third-order valence-corrected chi connectivity index (χ3v) is 4.71. The average molecular weight is 266 g/mol. The molecule has 5 nitrogen and oxygen atoms in total. The van der Waals surface area contributed by atoms with Crippen LogP contribution >= 0.6 is 0 Å². The van der Waals surface area contributed by atoms with Crippen molar-refractivity contribution in [1.29, 1.82) is 0 Å². The summed E-state index contributed by atoms with van der Waals surface area (Å²) in [4.78, 5) is 24.8. The van der Waals surface area contributed by atoms with E-state index in [0.29, 0.717) is 39.1 Å². The summed E-state index contributed by atoms with van der Waals surface area (Å²) >= 11 is 0. The van der Waals surface area contributed by atoms with Gasteiger partial charge in [-0.3, -0.25) is 9.59 Å². The first-order valence-corrected chi connectivity index (χ1v) is 7.39. The summed E-state index contributed by atoms with van der Waals surface area (Å²) in [6.07, 6.45) is 6.77. The minimum Gasteiger partial charge on any atom is -0.379 e. The van der Waals surface area contributed by atoms with Crippen LogP contribution in [0.1, 0.15) is 44.9 Å². The molecule has 0 unspecified atom stereocenters. The second-order valence-electron chi connectivity index (χ2n) is 6.08. The summed E-state index contributed by atoms with van der Waals surface area (Å²) in [6, 6.07) is 0. The van der Waals surface area contributed by atoms with Crippen molar-refractivity contribution in [3.63, 3.8) is 0 Å². The van der Waals surface area contributed by atoms with E-state index in [9.17, 15) is 9.59 Å². The van der Waals surface area contributed by atoms with Gasteiger partial charge in [0.25, 0.3) is 0 Å². The molecule has 5 heteroatoms. The summed E-state index contributed by atoms with van der Waals surface area (Å²) in [7, 11) is 0. The number of carbonyl (C=O) groups is 2. The minimum atomic E-state index is -0.0186. The maximum Gasteiger partial charge on any atom is 0.244 e. The van der Waals surface area contributed by atoms with E-state index in [2.05, 4.69) is 0 Å². The molecule has 3 rings (SSSR count). The Kier molecular flexibility index (Phi) is 3.58. The minimum absolute atomic E-state index is 0.0000463. The van der Waals surface area contributed by atoms with Gasteiger partial charge in [0.15, 0.2) is 0 Å². The van der Waals surface area contributed by atoms with Crippen LogP contribution in [0.25, 0.3) is 0 Å². The number of hydrogen-bond donors (Lipinski definition) is 0. The summed E-state index contributed by atoms with van der Waals surface area (Å²) in [6.45, 7) is 2.49. The number of piperidine rings is 1. The zero-order chi connectivity index (χ0) is 13.3. The van der Waals surface area contributed by atoms with Crippen molar-refractivity contribution in [3.05, 3.63) is 0 Å². The van der Waals surface area contributed by atoms with E-state index in [-0.39, 0.29) is 17.2 Å². The fourth-order valence-corrected chi connectivity index (χ4v) is 3.72. The molecule has 0 N–H and O–H groups in total. The Labute approximate surface area is 113 Å². The lowest BCUT2D eigenvalue weighted by Gasteiger charge is -2.45. The zero-order valence-electron chi connectivity index (χ0n) is 11.4. The Bertz CT molecular complexity index is 351. The number of hydrogen-bond acceptors (Lipinski definition) is 4. The van der Waals surface area contributed by atoms with Gasteiger partial charge in [0, 0.05) is 25.9 Å². The lowest BCUT2D eigenvalue weighted by Crippen LogP contribution is -2.58. The van der Waals surface area contributed by atoms with Gasteiger partial charge in [-0.1, -0.05) is 19.3 Å². The van der Waals surface area contributed by atoms with Crippen LogP contribution < -0.4 is 0 Å². The predicted molar refractivity (Wildman–Crippen MR) is 69.0 cm³/mol. The van der Waals surface area contributed by atoms with Crippen molar-refractivity contribution in [2.75, 3.05) is 26.3 Å². The van der Waals surface area contributed by atoms with Gasteiger partial charge < -0.3 is 4.74 Å². The van der Waals surface area contributed by atoms with E-state index in [1.807, 2.05) is 5.01 Å². The topological polar surface area (TPSA) is 49.9 Å². The van der Waals surface area contributed by atoms with Gasteiger partial charge in [0.2, 0.25) is 11.8 Å². The maximum absolute atomic E-state index is 12.4. The molecule has 2 heterocycles. The molecule has 2 aliphatic heterocycles. The van der Waals surface area contributed by atoms with Crippen LogP contribution in [-0.4, -0.2) is 48.1 Å². The summed E-state index contributed by atoms with van der Waals surface area (Å²) in [5.41, 5.74) is -0.0186.